The van der Waals surface area contributed by atoms with E-state index in [0.717, 1.165) is 37.3 Å². The number of anilines is 1. The van der Waals surface area contributed by atoms with Gasteiger partial charge in [-0.2, -0.15) is 18.3 Å². The van der Waals surface area contributed by atoms with Crippen molar-refractivity contribution < 1.29 is 35.9 Å². The van der Waals surface area contributed by atoms with Crippen molar-refractivity contribution in [3.63, 3.8) is 0 Å². The van der Waals surface area contributed by atoms with E-state index in [1.807, 2.05) is 0 Å². The molecule has 0 radical (unpaired) electrons. The number of carbonyl (C=O) groups excluding carboxylic acids is 1. The van der Waals surface area contributed by atoms with Crippen LogP contribution >= 0.6 is 0 Å². The topological polar surface area (TPSA) is 82.2 Å². The maximum Gasteiger partial charge on any atom is 0.410 e. The fourth-order valence-electron chi connectivity index (χ4n) is 3.04. The summed E-state index contributed by atoms with van der Waals surface area (Å²) in [6, 6.07) is 3.69. The van der Waals surface area contributed by atoms with Crippen LogP contribution in [0.25, 0.3) is 11.3 Å². The Morgan fingerprint density at radius 2 is 1.85 bits per heavy atom. The number of nitrogen functional groups attached to an aromatic ring is 1. The smallest absolute Gasteiger partial charge is 0.410 e. The van der Waals surface area contributed by atoms with Crippen LogP contribution in [0, 0.1) is 17.5 Å². The highest BCUT2D eigenvalue weighted by molar-refractivity contribution is 5.96. The van der Waals surface area contributed by atoms with E-state index in [2.05, 4.69) is 10.4 Å². The van der Waals surface area contributed by atoms with Gasteiger partial charge >= 0.3 is 6.18 Å². The highest BCUT2D eigenvalue weighted by atomic mass is 19.4. The van der Waals surface area contributed by atoms with E-state index in [1.54, 1.807) is 0 Å². The average molecular weight is 472 g/mol. The molecule has 6 nitrogen and oxygen atoms in total. The molecule has 1 heterocycles. The summed E-state index contributed by atoms with van der Waals surface area (Å²) >= 11 is 0. The van der Waals surface area contributed by atoms with E-state index in [4.69, 9.17) is 10.5 Å². The van der Waals surface area contributed by atoms with E-state index in [1.165, 1.54) is 13.2 Å². The predicted molar refractivity (Wildman–Crippen MR) is 107 cm³/mol. The number of hydrogen-bond acceptors (Lipinski definition) is 4. The zero-order valence-electron chi connectivity index (χ0n) is 17.3. The number of carbonyl (C=O) groups is 1. The number of nitrogens with two attached hydrogens (primary N) is 1. The van der Waals surface area contributed by atoms with Crippen molar-refractivity contribution in [1.29, 1.82) is 0 Å². The molecule has 33 heavy (non-hydrogen) atoms. The minimum absolute atomic E-state index is 0.0807. The summed E-state index contributed by atoms with van der Waals surface area (Å²) in [5.74, 6) is -3.72. The van der Waals surface area contributed by atoms with Gasteiger partial charge in [0.25, 0.3) is 5.91 Å². The van der Waals surface area contributed by atoms with E-state index < -0.39 is 47.7 Å². The van der Waals surface area contributed by atoms with Gasteiger partial charge in [0.15, 0.2) is 0 Å². The number of hydrogen-bond donors (Lipinski definition) is 2. The molecule has 0 aliphatic carbocycles. The first-order chi connectivity index (χ1) is 15.4. The summed E-state index contributed by atoms with van der Waals surface area (Å²) in [7, 11) is 1.28. The normalized spacial score (nSPS) is 12.5. The monoisotopic (exact) mass is 472 g/mol. The van der Waals surface area contributed by atoms with Crippen LogP contribution in [0.15, 0.2) is 36.4 Å². The minimum atomic E-state index is -4.65. The fraction of sp³-hybridized carbons (Fsp3) is 0.238. The molecule has 0 aliphatic heterocycles. The molecule has 0 saturated carbocycles. The van der Waals surface area contributed by atoms with Crippen LogP contribution in [-0.4, -0.2) is 29.0 Å². The molecule has 0 aliphatic rings. The third kappa shape index (κ3) is 5.04. The first-order valence-corrected chi connectivity index (χ1v) is 9.44. The van der Waals surface area contributed by atoms with Crippen LogP contribution in [0.3, 0.4) is 0 Å². The number of alkyl halides is 3. The second kappa shape index (κ2) is 9.04. The third-order valence-corrected chi connectivity index (χ3v) is 4.86. The summed E-state index contributed by atoms with van der Waals surface area (Å²) in [5.41, 5.74) is 4.47. The number of halogens is 6. The van der Waals surface area contributed by atoms with Crippen LogP contribution in [0.1, 0.15) is 28.9 Å². The van der Waals surface area contributed by atoms with Crippen molar-refractivity contribution in [2.45, 2.75) is 25.7 Å². The zero-order valence-corrected chi connectivity index (χ0v) is 17.3. The first kappa shape index (κ1) is 24.0. The SMILES string of the molecule is COc1ccc(F)cc1C(=O)NCc1cc(F)c(-c2cc(N)n(C(C)C(F)(F)F)n2)cc1F. The molecule has 2 aromatic carbocycles. The Balaban J connectivity index is 1.83. The third-order valence-electron chi connectivity index (χ3n) is 4.86. The summed E-state index contributed by atoms with van der Waals surface area (Å²) in [6.07, 6.45) is -4.65. The molecule has 12 heteroatoms. The van der Waals surface area contributed by atoms with Gasteiger partial charge in [-0.1, -0.05) is 0 Å². The molecule has 3 aromatic rings. The van der Waals surface area contributed by atoms with Crippen molar-refractivity contribution in [2.24, 2.45) is 0 Å². The maximum absolute atomic E-state index is 14.6. The molecule has 0 saturated heterocycles. The van der Waals surface area contributed by atoms with Gasteiger partial charge in [0.1, 0.15) is 35.1 Å². The number of benzene rings is 2. The van der Waals surface area contributed by atoms with Gasteiger partial charge in [0.05, 0.1) is 18.4 Å². The van der Waals surface area contributed by atoms with E-state index in [9.17, 15) is 31.1 Å². The van der Waals surface area contributed by atoms with Crippen molar-refractivity contribution >= 4 is 11.7 Å². The van der Waals surface area contributed by atoms with E-state index in [-0.39, 0.29) is 28.4 Å². The lowest BCUT2D eigenvalue weighted by atomic mass is 10.1. The highest BCUT2D eigenvalue weighted by Gasteiger charge is 2.39. The number of methoxy groups -OCH3 is 1. The molecule has 3 N–H and O–H groups in total. The van der Waals surface area contributed by atoms with Crippen molar-refractivity contribution in [3.8, 4) is 17.0 Å². The Morgan fingerprint density at radius 3 is 2.48 bits per heavy atom. The van der Waals surface area contributed by atoms with Gasteiger partial charge < -0.3 is 15.8 Å². The Labute approximate surface area is 184 Å². The number of amides is 1. The lowest BCUT2D eigenvalue weighted by Gasteiger charge is -2.17. The Morgan fingerprint density at radius 1 is 1.15 bits per heavy atom. The summed E-state index contributed by atoms with van der Waals surface area (Å²) in [5, 5.41) is 6.00. The molecule has 1 unspecified atom stereocenters. The second-order valence-electron chi connectivity index (χ2n) is 7.07. The molecule has 1 atom stereocenters. The molecular weight excluding hydrogens is 454 g/mol. The molecule has 0 spiro atoms. The summed E-state index contributed by atoms with van der Waals surface area (Å²) in [4.78, 5) is 12.3. The van der Waals surface area contributed by atoms with E-state index >= 15 is 0 Å². The zero-order chi connectivity index (χ0) is 24.5. The number of aromatic nitrogens is 2. The molecular formula is C21H18F6N4O2. The van der Waals surface area contributed by atoms with E-state index in [0.29, 0.717) is 4.68 Å². The van der Waals surface area contributed by atoms with Gasteiger partial charge in [0.2, 0.25) is 0 Å². The molecule has 176 valence electrons. The van der Waals surface area contributed by atoms with Gasteiger partial charge in [0, 0.05) is 23.7 Å². The van der Waals surface area contributed by atoms with Gasteiger partial charge in [-0.05, 0) is 37.3 Å². The molecule has 0 fully saturated rings. The van der Waals surface area contributed by atoms with Crippen molar-refractivity contribution in [2.75, 3.05) is 12.8 Å². The van der Waals surface area contributed by atoms with Crippen LogP contribution in [0.2, 0.25) is 0 Å². The van der Waals surface area contributed by atoms with Crippen molar-refractivity contribution in [1.82, 2.24) is 15.1 Å². The molecule has 1 amide bonds. The van der Waals surface area contributed by atoms with Crippen LogP contribution in [0.5, 0.6) is 5.75 Å². The Bertz CT molecular complexity index is 1190. The number of nitrogens with zero attached hydrogens (tertiary/aromatic N) is 2. The van der Waals surface area contributed by atoms with Crippen molar-refractivity contribution in [3.05, 3.63) is 65.0 Å². The van der Waals surface area contributed by atoms with Crippen LogP contribution < -0.4 is 15.8 Å². The standard InChI is InChI=1S/C21H18F6N4O2/c1-10(21(25,26)27)31-19(28)8-17(30-31)13-7-15(23)11(5-16(13)24)9-29-20(32)14-6-12(22)3-4-18(14)33-2/h3-8,10H,9,28H2,1-2H3,(H,29,32). The molecule has 3 rings (SSSR count). The lowest BCUT2D eigenvalue weighted by Crippen LogP contribution is -2.25. The number of rotatable bonds is 6. The van der Waals surface area contributed by atoms with Gasteiger partial charge in [-0.3, -0.25) is 4.79 Å². The fourth-order valence-corrected chi connectivity index (χ4v) is 3.04. The number of ether oxygens (including phenoxy) is 1. The maximum atomic E-state index is 14.6. The highest BCUT2D eigenvalue weighted by Crippen LogP contribution is 2.34. The molecule has 0 bridgehead atoms. The van der Waals surface area contributed by atoms with Gasteiger partial charge in [-0.15, -0.1) is 0 Å². The molecule has 1 aromatic heterocycles. The number of nitrogens with one attached hydrogen (secondary N) is 1. The van der Waals surface area contributed by atoms with Gasteiger partial charge in [-0.25, -0.2) is 17.9 Å². The largest absolute Gasteiger partial charge is 0.496 e. The Hall–Kier alpha value is -3.70. The second-order valence-corrected chi connectivity index (χ2v) is 7.07. The Kier molecular flexibility index (Phi) is 6.56. The lowest BCUT2D eigenvalue weighted by molar-refractivity contribution is -0.164. The first-order valence-electron chi connectivity index (χ1n) is 9.44. The van der Waals surface area contributed by atoms with Crippen LogP contribution in [-0.2, 0) is 6.54 Å². The quantitative estimate of drug-likeness (QED) is 0.514. The summed E-state index contributed by atoms with van der Waals surface area (Å²) < 4.78 is 87.0. The predicted octanol–water partition coefficient (Wildman–Crippen LogP) is 4.61. The minimum Gasteiger partial charge on any atom is -0.496 e. The average Bonchev–Trinajstić information content (AvgIpc) is 3.13. The van der Waals surface area contributed by atoms with Crippen LogP contribution in [0.4, 0.5) is 32.2 Å². The summed E-state index contributed by atoms with van der Waals surface area (Å²) in [6.45, 7) is 0.368.